The predicted molar refractivity (Wildman–Crippen MR) is 78.9 cm³/mol. The molecule has 2 fully saturated rings. The first-order valence-corrected chi connectivity index (χ1v) is 7.31. The van der Waals surface area contributed by atoms with Crippen LogP contribution in [-0.4, -0.2) is 54.3 Å². The number of anilines is 2. The number of nitrogens with one attached hydrogen (secondary N) is 1. The number of nitrogen functional groups attached to an aromatic ring is 1. The van der Waals surface area contributed by atoms with E-state index in [9.17, 15) is 0 Å². The lowest BCUT2D eigenvalue weighted by molar-refractivity contribution is -0.0117. The summed E-state index contributed by atoms with van der Waals surface area (Å²) in [6.07, 6.45) is 2.56. The molecule has 3 N–H and O–H groups in total. The van der Waals surface area contributed by atoms with E-state index in [1.54, 1.807) is 0 Å². The van der Waals surface area contributed by atoms with Crippen molar-refractivity contribution in [2.75, 3.05) is 44.3 Å². The van der Waals surface area contributed by atoms with Crippen molar-refractivity contribution >= 4 is 11.6 Å². The first-order valence-electron chi connectivity index (χ1n) is 7.31. The number of likely N-dealkylation sites (N-methyl/N-ethyl adjacent to an activating group) is 1. The Hall–Kier alpha value is -1.40. The molecule has 0 bridgehead atoms. The summed E-state index contributed by atoms with van der Waals surface area (Å²) >= 11 is 0. The van der Waals surface area contributed by atoms with Crippen LogP contribution in [0.4, 0.5) is 11.6 Å². The molecule has 1 atom stereocenters. The molecule has 2 aliphatic rings. The average Bonchev–Trinajstić information content (AvgIpc) is 3.25. The van der Waals surface area contributed by atoms with Gasteiger partial charge in [-0.05, 0) is 26.8 Å². The zero-order valence-corrected chi connectivity index (χ0v) is 12.2. The molecule has 3 rings (SSSR count). The second-order valence-electron chi connectivity index (χ2n) is 5.85. The number of hydrogen-bond acceptors (Lipinski definition) is 6. The van der Waals surface area contributed by atoms with Crippen molar-refractivity contribution in [1.82, 2.24) is 14.9 Å². The van der Waals surface area contributed by atoms with Gasteiger partial charge in [0.2, 0.25) is 0 Å². The van der Waals surface area contributed by atoms with Crippen LogP contribution < -0.4 is 11.1 Å². The van der Waals surface area contributed by atoms with Crippen LogP contribution >= 0.6 is 0 Å². The highest BCUT2D eigenvalue weighted by molar-refractivity contribution is 5.55. The third kappa shape index (κ3) is 3.02. The van der Waals surface area contributed by atoms with E-state index in [0.29, 0.717) is 11.7 Å². The van der Waals surface area contributed by atoms with Gasteiger partial charge < -0.3 is 20.7 Å². The Morgan fingerprint density at radius 2 is 2.20 bits per heavy atom. The number of aromatic nitrogens is 2. The van der Waals surface area contributed by atoms with Crippen molar-refractivity contribution in [3.8, 4) is 0 Å². The van der Waals surface area contributed by atoms with Crippen molar-refractivity contribution in [1.29, 1.82) is 0 Å². The Balaban J connectivity index is 1.66. The van der Waals surface area contributed by atoms with Crippen molar-refractivity contribution in [2.24, 2.45) is 0 Å². The topological polar surface area (TPSA) is 76.3 Å². The zero-order valence-electron chi connectivity index (χ0n) is 12.2. The molecule has 1 aliphatic carbocycles. The molecular formula is C14H23N5O. The summed E-state index contributed by atoms with van der Waals surface area (Å²) in [7, 11) is 2.12. The molecule has 0 amide bonds. The van der Waals surface area contributed by atoms with Crippen molar-refractivity contribution < 1.29 is 4.74 Å². The Kier molecular flexibility index (Phi) is 3.76. The normalized spacial score (nSPS) is 23.8. The third-order valence-corrected chi connectivity index (χ3v) is 3.98. The summed E-state index contributed by atoms with van der Waals surface area (Å²) in [5.41, 5.74) is 6.92. The van der Waals surface area contributed by atoms with Gasteiger partial charge in [-0.3, -0.25) is 0 Å². The highest BCUT2D eigenvalue weighted by Crippen LogP contribution is 2.39. The molecule has 6 nitrogen and oxygen atoms in total. The molecule has 6 heteroatoms. The van der Waals surface area contributed by atoms with Crippen LogP contribution in [0.2, 0.25) is 0 Å². The summed E-state index contributed by atoms with van der Waals surface area (Å²) < 4.78 is 5.75. The van der Waals surface area contributed by atoms with Gasteiger partial charge in [-0.25, -0.2) is 9.97 Å². The lowest BCUT2D eigenvalue weighted by Gasteiger charge is -2.30. The van der Waals surface area contributed by atoms with Gasteiger partial charge in [0, 0.05) is 31.1 Å². The summed E-state index contributed by atoms with van der Waals surface area (Å²) in [6, 6.07) is 0. The van der Waals surface area contributed by atoms with Crippen molar-refractivity contribution in [3.05, 3.63) is 11.4 Å². The van der Waals surface area contributed by atoms with E-state index in [4.69, 9.17) is 10.5 Å². The van der Waals surface area contributed by atoms with E-state index in [0.717, 1.165) is 43.4 Å². The number of nitrogens with two attached hydrogens (primary N) is 1. The van der Waals surface area contributed by atoms with Gasteiger partial charge in [-0.2, -0.15) is 0 Å². The fraction of sp³-hybridized carbons (Fsp3) is 0.714. The first kappa shape index (κ1) is 13.6. The van der Waals surface area contributed by atoms with Crippen LogP contribution in [0.25, 0.3) is 0 Å². The van der Waals surface area contributed by atoms with Crippen LogP contribution in [0.15, 0.2) is 0 Å². The predicted octanol–water partition coefficient (Wildman–Crippen LogP) is 0.987. The standard InChI is InChI=1S/C14H23N5O/c1-9-12(15)17-14(10-3-4-10)18-13(9)16-7-11-8-19(2)5-6-20-11/h10-11H,3-8H2,1-2H3,(H3,15,16,17,18). The van der Waals surface area contributed by atoms with Crippen LogP contribution in [0.5, 0.6) is 0 Å². The van der Waals surface area contributed by atoms with Crippen LogP contribution in [0, 0.1) is 6.92 Å². The van der Waals surface area contributed by atoms with E-state index in [-0.39, 0.29) is 6.10 Å². The number of nitrogens with zero attached hydrogens (tertiary/aromatic N) is 3. The maximum Gasteiger partial charge on any atom is 0.136 e. The fourth-order valence-corrected chi connectivity index (χ4v) is 2.45. The molecule has 110 valence electrons. The summed E-state index contributed by atoms with van der Waals surface area (Å²) in [6.45, 7) is 5.46. The molecule has 0 spiro atoms. The molecule has 1 aromatic rings. The van der Waals surface area contributed by atoms with Crippen LogP contribution in [-0.2, 0) is 4.74 Å². The van der Waals surface area contributed by atoms with E-state index in [1.807, 2.05) is 6.92 Å². The zero-order chi connectivity index (χ0) is 14.1. The molecule has 1 aromatic heterocycles. The first-order chi connectivity index (χ1) is 9.63. The highest BCUT2D eigenvalue weighted by atomic mass is 16.5. The maximum atomic E-state index is 5.99. The molecule has 0 radical (unpaired) electrons. The monoisotopic (exact) mass is 277 g/mol. The van der Waals surface area contributed by atoms with Crippen LogP contribution in [0.1, 0.15) is 30.1 Å². The Morgan fingerprint density at radius 1 is 1.40 bits per heavy atom. The molecule has 20 heavy (non-hydrogen) atoms. The SMILES string of the molecule is Cc1c(N)nc(C2CC2)nc1NCC1CN(C)CCO1. The van der Waals surface area contributed by atoms with Gasteiger partial charge in [-0.15, -0.1) is 0 Å². The Bertz CT molecular complexity index is 489. The average molecular weight is 277 g/mol. The van der Waals surface area contributed by atoms with Gasteiger partial charge in [0.05, 0.1) is 12.7 Å². The fourth-order valence-electron chi connectivity index (χ4n) is 2.45. The lowest BCUT2D eigenvalue weighted by atomic mass is 10.2. The van der Waals surface area contributed by atoms with Gasteiger partial charge in [0.15, 0.2) is 0 Å². The van der Waals surface area contributed by atoms with Gasteiger partial charge in [0.25, 0.3) is 0 Å². The minimum absolute atomic E-state index is 0.203. The largest absolute Gasteiger partial charge is 0.383 e. The number of rotatable bonds is 4. The second-order valence-corrected chi connectivity index (χ2v) is 5.85. The van der Waals surface area contributed by atoms with Gasteiger partial charge in [0.1, 0.15) is 17.5 Å². The van der Waals surface area contributed by atoms with Gasteiger partial charge in [-0.1, -0.05) is 0 Å². The van der Waals surface area contributed by atoms with Gasteiger partial charge >= 0.3 is 0 Å². The molecule has 2 heterocycles. The van der Waals surface area contributed by atoms with Crippen molar-refractivity contribution in [2.45, 2.75) is 31.8 Å². The van der Waals surface area contributed by atoms with E-state index >= 15 is 0 Å². The minimum Gasteiger partial charge on any atom is -0.383 e. The molecule has 1 saturated carbocycles. The summed E-state index contributed by atoms with van der Waals surface area (Å²) in [5, 5.41) is 3.38. The summed E-state index contributed by atoms with van der Waals surface area (Å²) in [5.74, 6) is 2.84. The molecule has 1 aliphatic heterocycles. The van der Waals surface area contributed by atoms with Crippen LogP contribution in [0.3, 0.4) is 0 Å². The molecule has 1 unspecified atom stereocenters. The maximum absolute atomic E-state index is 5.99. The van der Waals surface area contributed by atoms with E-state index in [2.05, 4.69) is 27.2 Å². The Labute approximate surface area is 119 Å². The Morgan fingerprint density at radius 3 is 2.90 bits per heavy atom. The lowest BCUT2D eigenvalue weighted by Crippen LogP contribution is -2.43. The van der Waals surface area contributed by atoms with Crippen molar-refractivity contribution in [3.63, 3.8) is 0 Å². The highest BCUT2D eigenvalue weighted by Gasteiger charge is 2.28. The number of morpholine rings is 1. The molecule has 0 aromatic carbocycles. The summed E-state index contributed by atoms with van der Waals surface area (Å²) in [4.78, 5) is 11.3. The second kappa shape index (κ2) is 5.54. The number of ether oxygens (including phenoxy) is 1. The van der Waals surface area contributed by atoms with E-state index in [1.165, 1.54) is 12.8 Å². The third-order valence-electron chi connectivity index (χ3n) is 3.98. The molecule has 1 saturated heterocycles. The minimum atomic E-state index is 0.203. The van der Waals surface area contributed by atoms with E-state index < -0.39 is 0 Å². The quantitative estimate of drug-likeness (QED) is 0.854. The molecular weight excluding hydrogens is 254 g/mol. The smallest absolute Gasteiger partial charge is 0.136 e. The number of hydrogen-bond donors (Lipinski definition) is 2.